The highest BCUT2D eigenvalue weighted by molar-refractivity contribution is 14.1. The van der Waals surface area contributed by atoms with E-state index in [-0.39, 0.29) is 5.91 Å². The van der Waals surface area contributed by atoms with Crippen molar-refractivity contribution >= 4 is 46.0 Å². The van der Waals surface area contributed by atoms with E-state index in [2.05, 4.69) is 0 Å². The molecule has 1 aliphatic rings. The summed E-state index contributed by atoms with van der Waals surface area (Å²) in [4.78, 5) is 11.4. The van der Waals surface area contributed by atoms with Gasteiger partial charge in [-0.05, 0) is 0 Å². The molecule has 1 fully saturated rings. The zero-order valence-electron chi connectivity index (χ0n) is 4.06. The summed E-state index contributed by atoms with van der Waals surface area (Å²) in [6.45, 7) is 0. The number of carbonyl (C=O) groups excluding carboxylic acids is 1. The fourth-order valence-electron chi connectivity index (χ4n) is 0.549. The monoisotopic (exact) mass is 241 g/mol. The lowest BCUT2D eigenvalue weighted by Gasteiger charge is -2.01. The summed E-state index contributed by atoms with van der Waals surface area (Å²) in [5, 5.41) is 0. The first-order valence-electron chi connectivity index (χ1n) is 2.23. The minimum Gasteiger partial charge on any atom is -0.274 e. The maximum atomic E-state index is 10.6. The van der Waals surface area contributed by atoms with Crippen LogP contribution < -0.4 is 0 Å². The molecule has 1 saturated heterocycles. The molecule has 0 aromatic carbocycles. The minimum absolute atomic E-state index is 0.135. The van der Waals surface area contributed by atoms with Gasteiger partial charge in [0.05, 0.1) is 27.9 Å². The maximum absolute atomic E-state index is 10.6. The second-order valence-electron chi connectivity index (χ2n) is 1.57. The molecule has 44 valence electrons. The molecule has 1 aliphatic heterocycles. The van der Waals surface area contributed by atoms with Gasteiger partial charge in [-0.25, -0.2) is 3.11 Å². The van der Waals surface area contributed by atoms with Crippen molar-refractivity contribution in [1.82, 2.24) is 3.11 Å². The van der Waals surface area contributed by atoms with Crippen LogP contribution in [0, 0.1) is 0 Å². The fraction of sp³-hybridized carbons (Fsp3) is 0.500. The average molecular weight is 241 g/mol. The van der Waals surface area contributed by atoms with Crippen molar-refractivity contribution in [3.63, 3.8) is 0 Å². The van der Waals surface area contributed by atoms with E-state index in [1.54, 1.807) is 0 Å². The van der Waals surface area contributed by atoms with E-state index >= 15 is 0 Å². The Bertz CT molecular complexity index is 131. The number of carbonyl (C=O) groups is 1. The molecule has 0 radical (unpaired) electrons. The Balaban J connectivity index is 2.70. The Kier molecular flexibility index (Phi) is 1.81. The first-order valence-corrected chi connectivity index (χ1v) is 3.60. The van der Waals surface area contributed by atoms with Crippen molar-refractivity contribution in [2.75, 3.05) is 0 Å². The van der Waals surface area contributed by atoms with Crippen LogP contribution >= 0.6 is 35.1 Å². The second kappa shape index (κ2) is 2.26. The predicted molar refractivity (Wildman–Crippen MR) is 42.7 cm³/mol. The number of amides is 1. The standard InChI is InChI=1S/C4H4INOS/c5-6-3(7)1-2-4(6)8/h1-2H2. The molecule has 2 nitrogen and oxygen atoms in total. The lowest BCUT2D eigenvalue weighted by atomic mass is 10.4. The van der Waals surface area contributed by atoms with Crippen molar-refractivity contribution in [2.45, 2.75) is 12.8 Å². The number of halogens is 1. The van der Waals surface area contributed by atoms with Crippen molar-refractivity contribution in [1.29, 1.82) is 0 Å². The summed E-state index contributed by atoms with van der Waals surface area (Å²) in [7, 11) is 0. The van der Waals surface area contributed by atoms with E-state index in [4.69, 9.17) is 12.2 Å². The van der Waals surface area contributed by atoms with Gasteiger partial charge in [-0.1, -0.05) is 12.2 Å². The maximum Gasteiger partial charge on any atom is 0.236 e. The molecule has 0 saturated carbocycles. The Morgan fingerprint density at radius 3 is 2.38 bits per heavy atom. The lowest BCUT2D eigenvalue weighted by Crippen LogP contribution is -2.14. The van der Waals surface area contributed by atoms with Gasteiger partial charge in [0.15, 0.2) is 0 Å². The second-order valence-corrected chi connectivity index (χ2v) is 3.00. The highest BCUT2D eigenvalue weighted by Gasteiger charge is 2.22. The molecule has 4 heteroatoms. The zero-order valence-corrected chi connectivity index (χ0v) is 7.03. The third-order valence-corrected chi connectivity index (χ3v) is 2.83. The largest absolute Gasteiger partial charge is 0.274 e. The summed E-state index contributed by atoms with van der Waals surface area (Å²) in [6.07, 6.45) is 1.36. The highest BCUT2D eigenvalue weighted by atomic mass is 127. The van der Waals surface area contributed by atoms with Crippen molar-refractivity contribution in [2.24, 2.45) is 0 Å². The lowest BCUT2D eigenvalue weighted by molar-refractivity contribution is -0.121. The van der Waals surface area contributed by atoms with Crippen LogP contribution in [-0.4, -0.2) is 14.0 Å². The van der Waals surface area contributed by atoms with E-state index in [0.717, 1.165) is 11.4 Å². The molecule has 0 aromatic heterocycles. The first-order chi connectivity index (χ1) is 3.72. The van der Waals surface area contributed by atoms with Crippen LogP contribution in [-0.2, 0) is 4.79 Å². The van der Waals surface area contributed by atoms with Gasteiger partial charge >= 0.3 is 0 Å². The summed E-state index contributed by atoms with van der Waals surface area (Å²) < 4.78 is 1.51. The minimum atomic E-state index is 0.135. The van der Waals surface area contributed by atoms with Crippen molar-refractivity contribution in [3.8, 4) is 0 Å². The van der Waals surface area contributed by atoms with Crippen molar-refractivity contribution in [3.05, 3.63) is 0 Å². The van der Waals surface area contributed by atoms with Crippen LogP contribution in [0.5, 0.6) is 0 Å². The molecule has 0 unspecified atom stereocenters. The van der Waals surface area contributed by atoms with Gasteiger partial charge in [0.25, 0.3) is 0 Å². The molecule has 8 heavy (non-hydrogen) atoms. The van der Waals surface area contributed by atoms with E-state index in [1.165, 1.54) is 3.11 Å². The van der Waals surface area contributed by atoms with Gasteiger partial charge in [-0.3, -0.25) is 4.79 Å². The Labute approximate surface area is 66.7 Å². The Hall–Kier alpha value is 0.290. The highest BCUT2D eigenvalue weighted by Crippen LogP contribution is 2.16. The molecular weight excluding hydrogens is 237 g/mol. The number of hydrogen-bond donors (Lipinski definition) is 0. The van der Waals surface area contributed by atoms with E-state index in [9.17, 15) is 4.79 Å². The number of thiocarbonyl (C=S) groups is 1. The summed E-state index contributed by atoms with van der Waals surface area (Å²) in [5.41, 5.74) is 0. The molecule has 0 bridgehead atoms. The van der Waals surface area contributed by atoms with Crippen LogP contribution in [0.1, 0.15) is 12.8 Å². The zero-order chi connectivity index (χ0) is 6.15. The van der Waals surface area contributed by atoms with Crippen LogP contribution in [0.25, 0.3) is 0 Å². The molecule has 1 heterocycles. The summed E-state index contributed by atoms with van der Waals surface area (Å²) in [5.74, 6) is 0.135. The molecule has 0 spiro atoms. The van der Waals surface area contributed by atoms with Crippen LogP contribution in [0.15, 0.2) is 0 Å². The Morgan fingerprint density at radius 2 is 2.25 bits per heavy atom. The third kappa shape index (κ3) is 0.997. The van der Waals surface area contributed by atoms with Gasteiger partial charge in [-0.15, -0.1) is 0 Å². The number of hydrogen-bond acceptors (Lipinski definition) is 2. The van der Waals surface area contributed by atoms with Crippen molar-refractivity contribution < 1.29 is 4.79 Å². The van der Waals surface area contributed by atoms with Gasteiger partial charge in [0.2, 0.25) is 5.91 Å². The van der Waals surface area contributed by atoms with E-state index in [0.29, 0.717) is 6.42 Å². The topological polar surface area (TPSA) is 20.3 Å². The molecule has 0 N–H and O–H groups in total. The molecule has 0 atom stereocenters. The molecule has 0 aliphatic carbocycles. The van der Waals surface area contributed by atoms with Gasteiger partial charge < -0.3 is 0 Å². The van der Waals surface area contributed by atoms with E-state index in [1.807, 2.05) is 22.9 Å². The number of nitrogens with zero attached hydrogens (tertiary/aromatic N) is 1. The summed E-state index contributed by atoms with van der Waals surface area (Å²) >= 11 is 6.74. The molecule has 0 aromatic rings. The van der Waals surface area contributed by atoms with E-state index < -0.39 is 0 Å². The molecule has 1 rings (SSSR count). The van der Waals surface area contributed by atoms with Gasteiger partial charge in [-0.2, -0.15) is 0 Å². The van der Waals surface area contributed by atoms with Gasteiger partial charge in [0.1, 0.15) is 0 Å². The van der Waals surface area contributed by atoms with Crippen LogP contribution in [0.4, 0.5) is 0 Å². The van der Waals surface area contributed by atoms with Crippen LogP contribution in [0.3, 0.4) is 0 Å². The normalized spacial score (nSPS) is 20.4. The first kappa shape index (κ1) is 6.41. The fourth-order valence-corrected chi connectivity index (χ4v) is 1.24. The predicted octanol–water partition coefficient (Wildman–Crippen LogP) is 1.29. The smallest absolute Gasteiger partial charge is 0.236 e. The quantitative estimate of drug-likeness (QED) is 0.362. The van der Waals surface area contributed by atoms with Gasteiger partial charge in [0, 0.05) is 12.8 Å². The number of rotatable bonds is 0. The third-order valence-electron chi connectivity index (χ3n) is 0.991. The Morgan fingerprint density at radius 1 is 1.62 bits per heavy atom. The summed E-state index contributed by atoms with van der Waals surface area (Å²) in [6, 6.07) is 0. The SMILES string of the molecule is O=C1CCC(=S)N1I. The molecular formula is C4H4INOS. The van der Waals surface area contributed by atoms with Crippen LogP contribution in [0.2, 0.25) is 0 Å². The average Bonchev–Trinajstić information content (AvgIpc) is 1.98. The molecule has 1 amide bonds.